The molecular weight excluding hydrogens is 371 g/mol. The van der Waals surface area contributed by atoms with Gasteiger partial charge < -0.3 is 10.8 Å². The quantitative estimate of drug-likeness (QED) is 0.634. The van der Waals surface area contributed by atoms with Crippen molar-refractivity contribution in [2.45, 2.75) is 31.1 Å². The fraction of sp³-hybridized carbons (Fsp3) is 0.467. The Morgan fingerprint density at radius 3 is 2.65 bits per heavy atom. The monoisotopic (exact) mass is 389 g/mol. The van der Waals surface area contributed by atoms with Crippen LogP contribution in [-0.2, 0) is 4.79 Å². The van der Waals surface area contributed by atoms with Crippen LogP contribution in [0.5, 0.6) is 0 Å². The number of rotatable bonds is 9. The van der Waals surface area contributed by atoms with E-state index in [9.17, 15) is 18.0 Å². The van der Waals surface area contributed by atoms with Crippen molar-refractivity contribution in [1.29, 1.82) is 0 Å². The summed E-state index contributed by atoms with van der Waals surface area (Å²) in [4.78, 5) is 15.2. The van der Waals surface area contributed by atoms with Crippen molar-refractivity contribution in [3.8, 4) is 11.3 Å². The van der Waals surface area contributed by atoms with E-state index in [0.717, 1.165) is 0 Å². The first-order chi connectivity index (χ1) is 12.3. The van der Waals surface area contributed by atoms with Crippen molar-refractivity contribution in [1.82, 2.24) is 20.0 Å². The predicted octanol–water partition coefficient (Wildman–Crippen LogP) is 2.37. The summed E-state index contributed by atoms with van der Waals surface area (Å²) in [5, 5.41) is 16.4. The zero-order valence-corrected chi connectivity index (χ0v) is 14.5. The van der Waals surface area contributed by atoms with E-state index in [1.165, 1.54) is 24.2 Å². The molecule has 2 unspecified atom stereocenters. The molecule has 3 N–H and O–H groups in total. The van der Waals surface area contributed by atoms with E-state index in [1.54, 1.807) is 18.3 Å². The minimum atomic E-state index is -4.50. The van der Waals surface area contributed by atoms with Crippen LogP contribution >= 0.6 is 11.8 Å². The van der Waals surface area contributed by atoms with Gasteiger partial charge in [0.25, 0.3) is 0 Å². The third-order valence-electron chi connectivity index (χ3n) is 3.55. The molecule has 0 aliphatic heterocycles. The molecule has 11 heteroatoms. The molecule has 2 heterocycles. The molecule has 0 fully saturated rings. The first-order valence-electron chi connectivity index (χ1n) is 7.74. The zero-order chi connectivity index (χ0) is 19.2. The number of aliphatic carboxylic acids is 1. The Labute approximate surface area is 151 Å². The fourth-order valence-electron chi connectivity index (χ4n) is 2.11. The highest BCUT2D eigenvalue weighted by Crippen LogP contribution is 2.33. The molecule has 2 atom stereocenters. The van der Waals surface area contributed by atoms with Crippen LogP contribution in [-0.4, -0.2) is 54.8 Å². The molecule has 0 aromatic carbocycles. The van der Waals surface area contributed by atoms with Crippen molar-refractivity contribution in [2.75, 3.05) is 11.5 Å². The van der Waals surface area contributed by atoms with Gasteiger partial charge in [0.2, 0.25) is 0 Å². The second kappa shape index (κ2) is 8.99. The third-order valence-corrected chi connectivity index (χ3v) is 4.60. The van der Waals surface area contributed by atoms with Crippen molar-refractivity contribution < 1.29 is 23.1 Å². The van der Waals surface area contributed by atoms with Gasteiger partial charge in [0, 0.05) is 18.0 Å². The van der Waals surface area contributed by atoms with Crippen LogP contribution in [0, 0.1) is 0 Å². The molecule has 0 saturated heterocycles. The normalized spacial score (nSPS) is 14.2. The Kier molecular flexibility index (Phi) is 6.98. The van der Waals surface area contributed by atoms with Gasteiger partial charge in [-0.15, -0.1) is 0 Å². The molecule has 0 aliphatic rings. The van der Waals surface area contributed by atoms with Gasteiger partial charge in [-0.3, -0.25) is 9.78 Å². The van der Waals surface area contributed by atoms with Crippen LogP contribution < -0.4 is 5.73 Å². The van der Waals surface area contributed by atoms with E-state index in [0.29, 0.717) is 21.8 Å². The summed E-state index contributed by atoms with van der Waals surface area (Å²) in [5.41, 5.74) is 6.25. The van der Waals surface area contributed by atoms with Gasteiger partial charge in [-0.2, -0.15) is 39.9 Å². The number of alkyl halides is 3. The van der Waals surface area contributed by atoms with E-state index < -0.39 is 24.2 Å². The SMILES string of the molecule is NC(CCSCCC(n1ncc(-c2cccnc2)n1)C(F)(F)F)C(=O)O. The second-order valence-electron chi connectivity index (χ2n) is 5.48. The maximum absolute atomic E-state index is 13.3. The van der Waals surface area contributed by atoms with Crippen LogP contribution in [0.2, 0.25) is 0 Å². The van der Waals surface area contributed by atoms with Crippen molar-refractivity contribution in [3.63, 3.8) is 0 Å². The van der Waals surface area contributed by atoms with Crippen LogP contribution in [0.15, 0.2) is 30.7 Å². The second-order valence-corrected chi connectivity index (χ2v) is 6.71. The van der Waals surface area contributed by atoms with Gasteiger partial charge in [0.1, 0.15) is 11.7 Å². The van der Waals surface area contributed by atoms with Gasteiger partial charge in [-0.05, 0) is 36.5 Å². The number of nitrogens with two attached hydrogens (primary N) is 1. The summed E-state index contributed by atoms with van der Waals surface area (Å²) in [6, 6.07) is 0.490. The molecule has 2 aromatic rings. The number of carboxylic acid groups (broad SMARTS) is 1. The van der Waals surface area contributed by atoms with Crippen LogP contribution in [0.4, 0.5) is 13.2 Å². The van der Waals surface area contributed by atoms with Crippen molar-refractivity contribution >= 4 is 17.7 Å². The number of hydrogen-bond acceptors (Lipinski definition) is 6. The molecule has 7 nitrogen and oxygen atoms in total. The number of carboxylic acids is 1. The lowest BCUT2D eigenvalue weighted by Crippen LogP contribution is -2.30. The van der Waals surface area contributed by atoms with Gasteiger partial charge in [0.05, 0.1) is 6.20 Å². The predicted molar refractivity (Wildman–Crippen MR) is 90.5 cm³/mol. The van der Waals surface area contributed by atoms with E-state index in [2.05, 4.69) is 15.2 Å². The number of pyridine rings is 1. The first kappa shape index (κ1) is 20.2. The van der Waals surface area contributed by atoms with E-state index in [-0.39, 0.29) is 18.6 Å². The van der Waals surface area contributed by atoms with Crippen LogP contribution in [0.1, 0.15) is 18.9 Å². The van der Waals surface area contributed by atoms with E-state index >= 15 is 0 Å². The molecule has 0 spiro atoms. The number of halogens is 3. The average molecular weight is 389 g/mol. The highest BCUT2D eigenvalue weighted by Gasteiger charge is 2.42. The summed E-state index contributed by atoms with van der Waals surface area (Å²) in [7, 11) is 0. The summed E-state index contributed by atoms with van der Waals surface area (Å²) in [6.07, 6.45) is -0.198. The minimum Gasteiger partial charge on any atom is -0.480 e. The smallest absolute Gasteiger partial charge is 0.412 e. The number of thioether (sulfide) groups is 1. The first-order valence-corrected chi connectivity index (χ1v) is 8.89. The molecular formula is C15H18F3N5O2S. The highest BCUT2D eigenvalue weighted by molar-refractivity contribution is 7.99. The minimum absolute atomic E-state index is 0.181. The Hall–Kier alpha value is -2.14. The Morgan fingerprint density at radius 1 is 1.31 bits per heavy atom. The summed E-state index contributed by atoms with van der Waals surface area (Å²) >= 11 is 1.22. The average Bonchev–Trinajstić information content (AvgIpc) is 3.06. The molecule has 0 saturated carbocycles. The molecule has 2 aromatic heterocycles. The summed E-state index contributed by atoms with van der Waals surface area (Å²) in [6.45, 7) is 0. The lowest BCUT2D eigenvalue weighted by atomic mass is 10.2. The maximum atomic E-state index is 13.3. The molecule has 0 amide bonds. The Morgan fingerprint density at radius 2 is 2.04 bits per heavy atom. The van der Waals surface area contributed by atoms with Gasteiger partial charge >= 0.3 is 12.1 Å². The lowest BCUT2D eigenvalue weighted by Gasteiger charge is -2.19. The van der Waals surface area contributed by atoms with Gasteiger partial charge in [0.15, 0.2) is 6.04 Å². The zero-order valence-electron chi connectivity index (χ0n) is 13.6. The Bertz CT molecular complexity index is 711. The highest BCUT2D eigenvalue weighted by atomic mass is 32.2. The lowest BCUT2D eigenvalue weighted by molar-refractivity contribution is -0.173. The largest absolute Gasteiger partial charge is 0.480 e. The standard InChI is InChI=1S/C15H18F3N5O2S/c16-15(17,18)13(4-7-26-6-3-11(19)14(24)25)23-21-9-12(22-23)10-2-1-5-20-8-10/h1-2,5,8-9,11,13H,3-4,6-7,19H2,(H,24,25). The Balaban J connectivity index is 1.96. The summed E-state index contributed by atoms with van der Waals surface area (Å²) < 4.78 is 40.0. The number of carbonyl (C=O) groups is 1. The number of aromatic nitrogens is 4. The third kappa shape index (κ3) is 5.70. The number of hydrogen-bond donors (Lipinski definition) is 2. The molecule has 142 valence electrons. The van der Waals surface area contributed by atoms with Crippen LogP contribution in [0.25, 0.3) is 11.3 Å². The summed E-state index contributed by atoms with van der Waals surface area (Å²) in [5.74, 6) is -0.575. The topological polar surface area (TPSA) is 107 Å². The maximum Gasteiger partial charge on any atom is 0.412 e. The van der Waals surface area contributed by atoms with Gasteiger partial charge in [-0.25, -0.2) is 0 Å². The van der Waals surface area contributed by atoms with Crippen LogP contribution in [0.3, 0.4) is 0 Å². The number of nitrogens with zero attached hydrogens (tertiary/aromatic N) is 4. The van der Waals surface area contributed by atoms with Gasteiger partial charge in [-0.1, -0.05) is 0 Å². The van der Waals surface area contributed by atoms with Crippen molar-refractivity contribution in [2.24, 2.45) is 5.73 Å². The van der Waals surface area contributed by atoms with E-state index in [1.807, 2.05) is 0 Å². The van der Waals surface area contributed by atoms with E-state index in [4.69, 9.17) is 10.8 Å². The molecule has 0 radical (unpaired) electrons. The fourth-order valence-corrected chi connectivity index (χ4v) is 3.13. The molecule has 26 heavy (non-hydrogen) atoms. The molecule has 2 rings (SSSR count). The molecule has 0 bridgehead atoms. The molecule has 0 aliphatic carbocycles. The van der Waals surface area contributed by atoms with Crippen molar-refractivity contribution in [3.05, 3.63) is 30.7 Å².